The number of ether oxygens (including phenoxy) is 2. The highest BCUT2D eigenvalue weighted by molar-refractivity contribution is 7.81. The van der Waals surface area contributed by atoms with Gasteiger partial charge in [-0.1, -0.05) is 18.2 Å². The number of nitrogens with one attached hydrogen (secondary N) is 2. The second kappa shape index (κ2) is 8.29. The second-order valence-corrected chi connectivity index (χ2v) is 7.06. The molecule has 0 bridgehead atoms. The number of aromatic amines is 1. The third kappa shape index (κ3) is 6.01. The molecule has 0 saturated heterocycles. The summed E-state index contributed by atoms with van der Waals surface area (Å²) in [6.45, 7) is 5.44. The smallest absolute Gasteiger partial charge is 0.408 e. The summed E-state index contributed by atoms with van der Waals surface area (Å²) in [6, 6.07) is 7.49. The van der Waals surface area contributed by atoms with Crippen LogP contribution >= 0.6 is 12.6 Å². The number of benzene rings is 1. The van der Waals surface area contributed by atoms with Gasteiger partial charge in [0, 0.05) is 17.1 Å². The number of fused-ring (bicyclic) bond motifs is 1. The lowest BCUT2D eigenvalue weighted by Crippen LogP contribution is -2.43. The minimum Gasteiger partial charge on any atom is -0.463 e. The molecular formula is C18H24N2O4S. The molecule has 1 aromatic heterocycles. The average molecular weight is 364 g/mol. The molecule has 1 atom stereocenters. The molecule has 2 aromatic rings. The van der Waals surface area contributed by atoms with Crippen molar-refractivity contribution in [2.45, 2.75) is 38.8 Å². The zero-order valence-electron chi connectivity index (χ0n) is 14.7. The predicted octanol–water partition coefficient (Wildman–Crippen LogP) is 3.08. The average Bonchev–Trinajstić information content (AvgIpc) is 2.93. The highest BCUT2D eigenvalue weighted by Gasteiger charge is 2.21. The summed E-state index contributed by atoms with van der Waals surface area (Å²) < 4.78 is 10.4. The van der Waals surface area contributed by atoms with E-state index in [2.05, 4.69) is 22.9 Å². The van der Waals surface area contributed by atoms with Crippen molar-refractivity contribution in [1.82, 2.24) is 10.3 Å². The number of hydrogen-bond donors (Lipinski definition) is 3. The van der Waals surface area contributed by atoms with E-state index in [4.69, 9.17) is 9.47 Å². The van der Waals surface area contributed by atoms with Crippen molar-refractivity contribution in [3.8, 4) is 0 Å². The quantitative estimate of drug-likeness (QED) is 0.544. The molecule has 0 aliphatic carbocycles. The van der Waals surface area contributed by atoms with Gasteiger partial charge in [0.1, 0.15) is 12.2 Å². The maximum Gasteiger partial charge on any atom is 0.408 e. The number of amides is 1. The van der Waals surface area contributed by atoms with Gasteiger partial charge in [0.2, 0.25) is 0 Å². The van der Waals surface area contributed by atoms with Crippen molar-refractivity contribution in [3.63, 3.8) is 0 Å². The minimum atomic E-state index is -0.600. The summed E-state index contributed by atoms with van der Waals surface area (Å²) in [6.07, 6.45) is 1.86. The predicted molar refractivity (Wildman–Crippen MR) is 100.0 cm³/mol. The Bertz CT molecular complexity index is 736. The van der Waals surface area contributed by atoms with E-state index in [0.717, 1.165) is 16.5 Å². The molecule has 0 aliphatic rings. The number of aromatic nitrogens is 1. The number of hydrogen-bond acceptors (Lipinski definition) is 5. The van der Waals surface area contributed by atoms with Gasteiger partial charge in [0.05, 0.1) is 11.8 Å². The number of thiol groups is 1. The first-order chi connectivity index (χ1) is 11.8. The Kier molecular flexibility index (Phi) is 6.36. The van der Waals surface area contributed by atoms with E-state index < -0.39 is 23.7 Å². The number of esters is 1. The molecule has 1 aromatic carbocycles. The molecule has 136 valence electrons. The summed E-state index contributed by atoms with van der Waals surface area (Å²) >= 11 is 3.89. The molecule has 0 aliphatic heterocycles. The van der Waals surface area contributed by atoms with E-state index in [9.17, 15) is 9.59 Å². The zero-order chi connectivity index (χ0) is 18.4. The van der Waals surface area contributed by atoms with Crippen molar-refractivity contribution >= 4 is 35.6 Å². The maximum atomic E-state index is 12.1. The van der Waals surface area contributed by atoms with Crippen LogP contribution in [0.2, 0.25) is 0 Å². The first kappa shape index (κ1) is 19.2. The van der Waals surface area contributed by atoms with Crippen LogP contribution in [0, 0.1) is 0 Å². The Hall–Kier alpha value is -2.15. The van der Waals surface area contributed by atoms with E-state index in [0.29, 0.717) is 6.42 Å². The lowest BCUT2D eigenvalue weighted by atomic mass is 10.1. The maximum absolute atomic E-state index is 12.1. The molecule has 2 rings (SSSR count). The topological polar surface area (TPSA) is 80.4 Å². The number of H-pyrrole nitrogens is 1. The molecule has 6 nitrogen and oxygen atoms in total. The summed E-state index contributed by atoms with van der Waals surface area (Å²) in [7, 11) is 0. The van der Waals surface area contributed by atoms with Crippen molar-refractivity contribution < 1.29 is 19.1 Å². The van der Waals surface area contributed by atoms with Gasteiger partial charge in [0.15, 0.2) is 0 Å². The molecule has 0 radical (unpaired) electrons. The summed E-state index contributed by atoms with van der Waals surface area (Å²) in [5.74, 6) is -0.440. The number of rotatable bonds is 6. The number of alkyl carbamates (subject to hydrolysis) is 1. The lowest BCUT2D eigenvalue weighted by molar-refractivity contribution is -0.141. The Morgan fingerprint density at radius 3 is 2.68 bits per heavy atom. The fourth-order valence-corrected chi connectivity index (χ4v) is 2.52. The van der Waals surface area contributed by atoms with Gasteiger partial charge in [-0.15, -0.1) is 0 Å². The summed E-state index contributed by atoms with van der Waals surface area (Å²) in [5, 5.41) is 3.85. The molecular weight excluding hydrogens is 340 g/mol. The van der Waals surface area contributed by atoms with Crippen LogP contribution < -0.4 is 5.32 Å². The third-order valence-electron chi connectivity index (χ3n) is 3.44. The van der Waals surface area contributed by atoms with Gasteiger partial charge in [-0.05, 0) is 38.8 Å². The zero-order valence-corrected chi connectivity index (χ0v) is 15.6. The summed E-state index contributed by atoms with van der Waals surface area (Å²) in [4.78, 5) is 26.7. The van der Waals surface area contributed by atoms with Gasteiger partial charge < -0.3 is 19.8 Å². The van der Waals surface area contributed by atoms with Gasteiger partial charge in [0.25, 0.3) is 0 Å². The highest BCUT2D eigenvalue weighted by atomic mass is 32.1. The normalized spacial score (nSPS) is 12.6. The van der Waals surface area contributed by atoms with Crippen molar-refractivity contribution in [1.29, 1.82) is 0 Å². The Morgan fingerprint density at radius 1 is 1.28 bits per heavy atom. The molecule has 2 N–H and O–H groups in total. The molecule has 1 heterocycles. The molecule has 0 spiro atoms. The number of para-hydroxylation sites is 1. The van der Waals surface area contributed by atoms with Crippen LogP contribution in [-0.2, 0) is 20.7 Å². The molecule has 7 heteroatoms. The largest absolute Gasteiger partial charge is 0.463 e. The minimum absolute atomic E-state index is 0.00770. The van der Waals surface area contributed by atoms with Crippen LogP contribution in [0.4, 0.5) is 4.79 Å². The standard InChI is InChI=1S/C18H24N2O4S/c1-18(2,3)24-17(22)20-13(10-23-16(21)11-25)8-12-9-19-15-7-5-4-6-14(12)15/h4-7,9,13,19,25H,8,10-11H2,1-3H3,(H,20,22). The molecule has 25 heavy (non-hydrogen) atoms. The molecule has 0 saturated carbocycles. The van der Waals surface area contributed by atoms with E-state index in [1.165, 1.54) is 0 Å². The Balaban J connectivity index is 2.10. The van der Waals surface area contributed by atoms with Crippen molar-refractivity contribution in [2.24, 2.45) is 0 Å². The monoisotopic (exact) mass is 364 g/mol. The van der Waals surface area contributed by atoms with Crippen molar-refractivity contribution in [2.75, 3.05) is 12.4 Å². The third-order valence-corrected chi connectivity index (χ3v) is 3.69. The second-order valence-electron chi connectivity index (χ2n) is 6.75. The van der Waals surface area contributed by atoms with Crippen LogP contribution in [0.5, 0.6) is 0 Å². The van der Waals surface area contributed by atoms with Crippen LogP contribution in [0.1, 0.15) is 26.3 Å². The van der Waals surface area contributed by atoms with E-state index >= 15 is 0 Å². The molecule has 0 fully saturated rings. The van der Waals surface area contributed by atoms with Crippen LogP contribution in [-0.4, -0.2) is 41.0 Å². The first-order valence-corrected chi connectivity index (χ1v) is 8.72. The van der Waals surface area contributed by atoms with Gasteiger partial charge >= 0.3 is 12.1 Å². The summed E-state index contributed by atoms with van der Waals surface area (Å²) in [5.41, 5.74) is 1.44. The van der Waals surface area contributed by atoms with Gasteiger partial charge in [-0.2, -0.15) is 12.6 Å². The lowest BCUT2D eigenvalue weighted by Gasteiger charge is -2.23. The van der Waals surface area contributed by atoms with E-state index in [-0.39, 0.29) is 12.4 Å². The van der Waals surface area contributed by atoms with Crippen LogP contribution in [0.25, 0.3) is 10.9 Å². The van der Waals surface area contributed by atoms with E-state index in [1.54, 1.807) is 20.8 Å². The highest BCUT2D eigenvalue weighted by Crippen LogP contribution is 2.19. The Labute approximate surface area is 152 Å². The van der Waals surface area contributed by atoms with Gasteiger partial charge in [-0.3, -0.25) is 4.79 Å². The fourth-order valence-electron chi connectivity index (χ4n) is 2.43. The van der Waals surface area contributed by atoms with Crippen LogP contribution in [0.15, 0.2) is 30.5 Å². The SMILES string of the molecule is CC(C)(C)OC(=O)NC(COC(=O)CS)Cc1c[nH]c2ccccc12. The Morgan fingerprint density at radius 2 is 2.00 bits per heavy atom. The number of carbonyl (C=O) groups is 2. The molecule has 1 amide bonds. The van der Waals surface area contributed by atoms with Crippen molar-refractivity contribution in [3.05, 3.63) is 36.0 Å². The van der Waals surface area contributed by atoms with E-state index in [1.807, 2.05) is 30.5 Å². The number of carbonyl (C=O) groups excluding carboxylic acids is 2. The van der Waals surface area contributed by atoms with Crippen LogP contribution in [0.3, 0.4) is 0 Å². The fraction of sp³-hybridized carbons (Fsp3) is 0.444. The van der Waals surface area contributed by atoms with Gasteiger partial charge in [-0.25, -0.2) is 4.79 Å². The first-order valence-electron chi connectivity index (χ1n) is 8.09. The molecule has 1 unspecified atom stereocenters.